The van der Waals surface area contributed by atoms with E-state index in [-0.39, 0.29) is 11.7 Å². The summed E-state index contributed by atoms with van der Waals surface area (Å²) in [6.07, 6.45) is 3.63. The van der Waals surface area contributed by atoms with E-state index in [2.05, 4.69) is 15.4 Å². The lowest BCUT2D eigenvalue weighted by molar-refractivity contribution is -0.111. The van der Waals surface area contributed by atoms with Crippen LogP contribution in [0.1, 0.15) is 29.3 Å². The summed E-state index contributed by atoms with van der Waals surface area (Å²) >= 11 is 0. The van der Waals surface area contributed by atoms with Crippen molar-refractivity contribution in [3.63, 3.8) is 0 Å². The topological polar surface area (TPSA) is 67.4 Å². The number of carbonyl (C=O) groups is 2. The van der Waals surface area contributed by atoms with Gasteiger partial charge in [0.25, 0.3) is 5.91 Å². The first-order chi connectivity index (χ1) is 13.0. The van der Waals surface area contributed by atoms with Crippen molar-refractivity contribution in [2.24, 2.45) is 0 Å². The molecule has 0 aromatic heterocycles. The van der Waals surface area contributed by atoms with Gasteiger partial charge in [0.2, 0.25) is 5.91 Å². The third-order valence-electron chi connectivity index (χ3n) is 3.50. The average Bonchev–Trinajstić information content (AvgIpc) is 2.65. The molecule has 0 saturated carbocycles. The molecule has 0 unspecified atom stereocenters. The fraction of sp³-hybridized carbons (Fsp3) is 0.200. The lowest BCUT2D eigenvalue weighted by Crippen LogP contribution is -2.25. The van der Waals surface area contributed by atoms with E-state index in [0.717, 1.165) is 6.42 Å². The number of nitrogens with one attached hydrogen (secondary N) is 2. The second-order valence-corrected chi connectivity index (χ2v) is 5.57. The number of amides is 2. The van der Waals surface area contributed by atoms with Crippen LogP contribution in [0.2, 0.25) is 0 Å². The molecular weight excluding hydrogens is 354 g/mol. The minimum Gasteiger partial charge on any atom is -0.435 e. The molecule has 2 rings (SSSR count). The lowest BCUT2D eigenvalue weighted by atomic mass is 10.1. The summed E-state index contributed by atoms with van der Waals surface area (Å²) in [6.45, 7) is -0.385. The van der Waals surface area contributed by atoms with Crippen molar-refractivity contribution < 1.29 is 23.1 Å². The number of anilines is 1. The molecule has 5 nitrogen and oxygen atoms in total. The third-order valence-corrected chi connectivity index (χ3v) is 3.50. The monoisotopic (exact) mass is 374 g/mol. The first-order valence-electron chi connectivity index (χ1n) is 8.40. The number of rotatable bonds is 8. The zero-order valence-electron chi connectivity index (χ0n) is 14.7. The molecule has 0 heterocycles. The highest BCUT2D eigenvalue weighted by Gasteiger charge is 2.11. The normalized spacial score (nSPS) is 10.8. The molecule has 0 aliphatic rings. The van der Waals surface area contributed by atoms with Gasteiger partial charge in [0.05, 0.1) is 11.3 Å². The molecule has 2 aromatic carbocycles. The Morgan fingerprint density at radius 1 is 1.11 bits per heavy atom. The molecule has 0 spiro atoms. The van der Waals surface area contributed by atoms with Gasteiger partial charge < -0.3 is 15.4 Å². The minimum absolute atomic E-state index is 0.0404. The molecular formula is C20H20F2N2O3. The second kappa shape index (κ2) is 10.1. The van der Waals surface area contributed by atoms with Crippen molar-refractivity contribution in [1.82, 2.24) is 5.32 Å². The highest BCUT2D eigenvalue weighted by Crippen LogP contribution is 2.17. The predicted octanol–water partition coefficient (Wildman–Crippen LogP) is 4.08. The van der Waals surface area contributed by atoms with E-state index in [9.17, 15) is 18.4 Å². The van der Waals surface area contributed by atoms with Crippen LogP contribution in [-0.4, -0.2) is 25.0 Å². The number of alkyl halides is 2. The van der Waals surface area contributed by atoms with Gasteiger partial charge in [-0.1, -0.05) is 31.2 Å². The Morgan fingerprint density at radius 3 is 2.48 bits per heavy atom. The number of hydrogen-bond donors (Lipinski definition) is 2. The number of hydrogen-bond acceptors (Lipinski definition) is 3. The molecule has 0 aliphatic heterocycles. The summed E-state index contributed by atoms with van der Waals surface area (Å²) in [6, 6.07) is 12.6. The van der Waals surface area contributed by atoms with Crippen LogP contribution >= 0.6 is 0 Å². The van der Waals surface area contributed by atoms with Gasteiger partial charge in [-0.2, -0.15) is 8.78 Å². The Hall–Kier alpha value is -3.22. The van der Waals surface area contributed by atoms with E-state index in [0.29, 0.717) is 23.4 Å². The van der Waals surface area contributed by atoms with Crippen LogP contribution in [-0.2, 0) is 4.79 Å². The SMILES string of the molecule is CCCNC(=O)c1ccccc1NC(=O)/C=C/c1ccc(OC(F)F)cc1. The largest absolute Gasteiger partial charge is 0.435 e. The highest BCUT2D eigenvalue weighted by molar-refractivity contribution is 6.07. The first-order valence-corrected chi connectivity index (χ1v) is 8.40. The molecule has 142 valence electrons. The molecule has 7 heteroatoms. The number of para-hydroxylation sites is 1. The Balaban J connectivity index is 2.01. The molecule has 2 N–H and O–H groups in total. The zero-order valence-corrected chi connectivity index (χ0v) is 14.7. The van der Waals surface area contributed by atoms with Crippen LogP contribution in [0.5, 0.6) is 5.75 Å². The summed E-state index contributed by atoms with van der Waals surface area (Å²) in [5.74, 6) is -0.636. The van der Waals surface area contributed by atoms with Gasteiger partial charge in [0, 0.05) is 12.6 Å². The van der Waals surface area contributed by atoms with Crippen molar-refractivity contribution in [3.8, 4) is 5.75 Å². The van der Waals surface area contributed by atoms with Gasteiger partial charge in [-0.3, -0.25) is 9.59 Å². The summed E-state index contributed by atoms with van der Waals surface area (Å²) in [7, 11) is 0. The van der Waals surface area contributed by atoms with Gasteiger partial charge >= 0.3 is 6.61 Å². The highest BCUT2D eigenvalue weighted by atomic mass is 19.3. The van der Waals surface area contributed by atoms with E-state index in [1.165, 1.54) is 24.3 Å². The van der Waals surface area contributed by atoms with E-state index in [1.807, 2.05) is 6.92 Å². The van der Waals surface area contributed by atoms with E-state index in [4.69, 9.17) is 0 Å². The smallest absolute Gasteiger partial charge is 0.387 e. The molecule has 2 aromatic rings. The van der Waals surface area contributed by atoms with E-state index < -0.39 is 12.5 Å². The van der Waals surface area contributed by atoms with Crippen molar-refractivity contribution in [1.29, 1.82) is 0 Å². The van der Waals surface area contributed by atoms with Crippen LogP contribution in [0.25, 0.3) is 6.08 Å². The molecule has 0 atom stereocenters. The predicted molar refractivity (Wildman–Crippen MR) is 99.8 cm³/mol. The Bertz CT molecular complexity index is 805. The summed E-state index contributed by atoms with van der Waals surface area (Å²) in [5.41, 5.74) is 1.42. The lowest BCUT2D eigenvalue weighted by Gasteiger charge is -2.10. The molecule has 0 bridgehead atoms. The first kappa shape index (κ1) is 20.1. The maximum atomic E-state index is 12.1. The van der Waals surface area contributed by atoms with Crippen LogP contribution in [0.3, 0.4) is 0 Å². The zero-order chi connectivity index (χ0) is 19.6. The maximum Gasteiger partial charge on any atom is 0.387 e. The molecule has 0 saturated heterocycles. The number of carbonyl (C=O) groups excluding carboxylic acids is 2. The van der Waals surface area contributed by atoms with Gasteiger partial charge in [0.1, 0.15) is 5.75 Å². The van der Waals surface area contributed by atoms with Crippen molar-refractivity contribution in [2.75, 3.05) is 11.9 Å². The molecule has 2 amide bonds. The standard InChI is InChI=1S/C20H20F2N2O3/c1-2-13-23-19(26)16-5-3-4-6-17(16)24-18(25)12-9-14-7-10-15(11-8-14)27-20(21)22/h3-12,20H,2,13H2,1H3,(H,23,26)(H,24,25)/b12-9+. The van der Waals surface area contributed by atoms with Crippen LogP contribution in [0.4, 0.5) is 14.5 Å². The Kier molecular flexibility index (Phi) is 7.49. The average molecular weight is 374 g/mol. The molecule has 27 heavy (non-hydrogen) atoms. The third kappa shape index (κ3) is 6.54. The van der Waals surface area contributed by atoms with Gasteiger partial charge in [-0.15, -0.1) is 0 Å². The van der Waals surface area contributed by atoms with Gasteiger partial charge in [0.15, 0.2) is 0 Å². The fourth-order valence-corrected chi connectivity index (χ4v) is 2.23. The van der Waals surface area contributed by atoms with Crippen molar-refractivity contribution in [3.05, 3.63) is 65.7 Å². The quantitative estimate of drug-likeness (QED) is 0.684. The maximum absolute atomic E-state index is 12.1. The van der Waals surface area contributed by atoms with Gasteiger partial charge in [-0.05, 0) is 42.3 Å². The summed E-state index contributed by atoms with van der Waals surface area (Å²) in [5, 5.41) is 5.43. The van der Waals surface area contributed by atoms with Crippen molar-refractivity contribution >= 4 is 23.6 Å². The van der Waals surface area contributed by atoms with E-state index in [1.54, 1.807) is 36.4 Å². The van der Waals surface area contributed by atoms with Crippen molar-refractivity contribution in [2.45, 2.75) is 20.0 Å². The molecule has 0 aliphatic carbocycles. The number of ether oxygens (including phenoxy) is 1. The Labute approximate surface area is 156 Å². The minimum atomic E-state index is -2.88. The molecule has 0 radical (unpaired) electrons. The summed E-state index contributed by atoms with van der Waals surface area (Å²) in [4.78, 5) is 24.3. The fourth-order valence-electron chi connectivity index (χ4n) is 2.23. The molecule has 0 fully saturated rings. The van der Waals surface area contributed by atoms with Gasteiger partial charge in [-0.25, -0.2) is 0 Å². The van der Waals surface area contributed by atoms with Crippen LogP contribution in [0.15, 0.2) is 54.6 Å². The second-order valence-electron chi connectivity index (χ2n) is 5.57. The van der Waals surface area contributed by atoms with Crippen LogP contribution in [0, 0.1) is 0 Å². The Morgan fingerprint density at radius 2 is 1.81 bits per heavy atom. The number of halogens is 2. The number of benzene rings is 2. The van der Waals surface area contributed by atoms with E-state index >= 15 is 0 Å². The summed E-state index contributed by atoms with van der Waals surface area (Å²) < 4.78 is 28.5. The van der Waals surface area contributed by atoms with Crippen LogP contribution < -0.4 is 15.4 Å².